The van der Waals surface area contributed by atoms with Crippen LogP contribution < -0.4 is 0 Å². The fourth-order valence-corrected chi connectivity index (χ4v) is 4.93. The van der Waals surface area contributed by atoms with E-state index in [1.807, 2.05) is 0 Å². The first-order valence-electron chi connectivity index (χ1n) is 11.7. The van der Waals surface area contributed by atoms with Crippen LogP contribution in [0.4, 0.5) is 0 Å². The normalized spacial score (nSPS) is 15.9. The summed E-state index contributed by atoms with van der Waals surface area (Å²) in [5, 5.41) is 0. The van der Waals surface area contributed by atoms with Crippen molar-refractivity contribution in [3.05, 3.63) is 57.2 Å². The number of nitrogens with zero attached hydrogens (tertiary/aromatic N) is 4. The van der Waals surface area contributed by atoms with Crippen molar-refractivity contribution in [2.24, 2.45) is 0 Å². The van der Waals surface area contributed by atoms with Gasteiger partial charge in [0.25, 0.3) is 0 Å². The largest absolute Gasteiger partial charge is 0.341 e. The molecule has 5 rings (SSSR count). The Morgan fingerprint density at radius 1 is 0.625 bits per heavy atom. The van der Waals surface area contributed by atoms with E-state index >= 15 is 0 Å². The zero-order chi connectivity index (χ0) is 22.6. The van der Waals surface area contributed by atoms with Crippen molar-refractivity contribution in [3.8, 4) is 0 Å². The number of hydrogen-bond donors (Lipinski definition) is 2. The number of rotatable bonds is 4. The summed E-state index contributed by atoms with van der Waals surface area (Å²) in [6, 6.07) is 4.45. The van der Waals surface area contributed by atoms with E-state index in [9.17, 15) is 0 Å². The highest BCUT2D eigenvalue weighted by atomic mass is 15.3. The van der Waals surface area contributed by atoms with Gasteiger partial charge in [0.1, 0.15) is 11.6 Å². The van der Waals surface area contributed by atoms with Gasteiger partial charge in [-0.25, -0.2) is 9.97 Å². The number of aryl methyl sites for hydroxylation is 4. The van der Waals surface area contributed by atoms with Gasteiger partial charge in [-0.2, -0.15) is 0 Å². The number of nitrogens with one attached hydrogen (secondary N) is 2. The molecule has 2 aromatic heterocycles. The number of benzene rings is 2. The fraction of sp³-hybridized carbons (Fsp3) is 0.462. The van der Waals surface area contributed by atoms with Crippen LogP contribution in [-0.4, -0.2) is 55.9 Å². The van der Waals surface area contributed by atoms with E-state index < -0.39 is 0 Å². The minimum Gasteiger partial charge on any atom is -0.341 e. The standard InChI is InChI=1S/C26H34N6/c1-15-11-21-25(19(5)17(15)3)29-23(27-21)13-31-7-9-32(10-8-31)14-24-28-22-12-16(2)18(4)20(6)26(22)30-24/h11-12H,7-10,13-14H2,1-6H3,(H,27,29)(H,28,30). The maximum absolute atomic E-state index is 4.92. The van der Waals surface area contributed by atoms with Crippen LogP contribution in [-0.2, 0) is 13.1 Å². The first-order chi connectivity index (χ1) is 15.3. The molecule has 0 unspecified atom stereocenters. The van der Waals surface area contributed by atoms with E-state index in [2.05, 4.69) is 73.4 Å². The highest BCUT2D eigenvalue weighted by Gasteiger charge is 2.20. The van der Waals surface area contributed by atoms with Gasteiger partial charge in [-0.05, 0) is 87.1 Å². The van der Waals surface area contributed by atoms with Crippen LogP contribution in [0.5, 0.6) is 0 Å². The van der Waals surface area contributed by atoms with E-state index in [0.29, 0.717) is 0 Å². The molecule has 1 aliphatic heterocycles. The average Bonchev–Trinajstić information content (AvgIpc) is 3.35. The molecule has 2 aromatic carbocycles. The second-order valence-corrected chi connectivity index (χ2v) is 9.60. The summed E-state index contributed by atoms with van der Waals surface area (Å²) in [5.41, 5.74) is 12.5. The second kappa shape index (κ2) is 8.01. The molecule has 1 saturated heterocycles. The first-order valence-corrected chi connectivity index (χ1v) is 11.7. The lowest BCUT2D eigenvalue weighted by molar-refractivity contribution is 0.118. The zero-order valence-corrected chi connectivity index (χ0v) is 20.2. The Hall–Kier alpha value is -2.70. The maximum atomic E-state index is 4.92. The van der Waals surface area contributed by atoms with Crippen molar-refractivity contribution in [2.45, 2.75) is 54.6 Å². The highest BCUT2D eigenvalue weighted by molar-refractivity contribution is 5.82. The van der Waals surface area contributed by atoms with Gasteiger partial charge < -0.3 is 9.97 Å². The van der Waals surface area contributed by atoms with Crippen molar-refractivity contribution >= 4 is 22.1 Å². The molecule has 0 amide bonds. The predicted octanol–water partition coefficient (Wildman–Crippen LogP) is 4.61. The minimum atomic E-state index is 0.877. The molecule has 0 radical (unpaired) electrons. The van der Waals surface area contributed by atoms with Crippen molar-refractivity contribution in [1.29, 1.82) is 0 Å². The summed E-state index contributed by atoms with van der Waals surface area (Å²) in [6.07, 6.45) is 0. The van der Waals surface area contributed by atoms with E-state index in [0.717, 1.165) is 73.0 Å². The molecule has 6 nitrogen and oxygen atoms in total. The Bertz CT molecular complexity index is 1200. The Kier molecular flexibility index (Phi) is 5.30. The smallest absolute Gasteiger partial charge is 0.121 e. The minimum absolute atomic E-state index is 0.877. The van der Waals surface area contributed by atoms with E-state index in [1.54, 1.807) is 0 Å². The highest BCUT2D eigenvalue weighted by Crippen LogP contribution is 2.25. The number of imidazole rings is 2. The van der Waals surface area contributed by atoms with Crippen LogP contribution in [0.3, 0.4) is 0 Å². The van der Waals surface area contributed by atoms with E-state index in [4.69, 9.17) is 9.97 Å². The summed E-state index contributed by atoms with van der Waals surface area (Å²) in [6.45, 7) is 19.0. The van der Waals surface area contributed by atoms with Crippen molar-refractivity contribution < 1.29 is 0 Å². The molecule has 1 aliphatic rings. The molecular formula is C26H34N6. The fourth-order valence-electron chi connectivity index (χ4n) is 4.93. The quantitative estimate of drug-likeness (QED) is 0.496. The summed E-state index contributed by atoms with van der Waals surface area (Å²) >= 11 is 0. The SMILES string of the molecule is Cc1cc2[nH]c(CN3CCN(Cc4nc5c(C)c(C)c(C)cc5[nH]4)CC3)nc2c(C)c1C. The van der Waals surface area contributed by atoms with Crippen molar-refractivity contribution in [1.82, 2.24) is 29.7 Å². The molecule has 0 saturated carbocycles. The molecule has 1 fully saturated rings. The Morgan fingerprint density at radius 2 is 1.00 bits per heavy atom. The Balaban J connectivity index is 1.23. The lowest BCUT2D eigenvalue weighted by Gasteiger charge is -2.33. The van der Waals surface area contributed by atoms with Crippen LogP contribution in [0.25, 0.3) is 22.1 Å². The van der Waals surface area contributed by atoms with Gasteiger partial charge in [-0.3, -0.25) is 9.80 Å². The average molecular weight is 431 g/mol. The summed E-state index contributed by atoms with van der Waals surface area (Å²) in [5.74, 6) is 2.14. The topological polar surface area (TPSA) is 63.8 Å². The van der Waals surface area contributed by atoms with E-state index in [1.165, 1.54) is 33.4 Å². The molecule has 0 bridgehead atoms. The van der Waals surface area contributed by atoms with E-state index in [-0.39, 0.29) is 0 Å². The number of aromatic nitrogens is 4. The lowest BCUT2D eigenvalue weighted by atomic mass is 10.0. The predicted molar refractivity (Wildman–Crippen MR) is 131 cm³/mol. The number of aromatic amines is 2. The molecular weight excluding hydrogens is 396 g/mol. The number of fused-ring (bicyclic) bond motifs is 2. The number of piperazine rings is 1. The molecule has 4 aromatic rings. The van der Waals surface area contributed by atoms with Crippen LogP contribution in [0, 0.1) is 41.5 Å². The molecule has 168 valence electrons. The number of hydrogen-bond acceptors (Lipinski definition) is 4. The van der Waals surface area contributed by atoms with Gasteiger partial charge in [0.2, 0.25) is 0 Å². The zero-order valence-electron chi connectivity index (χ0n) is 20.2. The van der Waals surface area contributed by atoms with Crippen LogP contribution in [0.2, 0.25) is 0 Å². The Labute approximate surface area is 190 Å². The maximum Gasteiger partial charge on any atom is 0.121 e. The number of H-pyrrole nitrogens is 2. The van der Waals surface area contributed by atoms with Gasteiger partial charge >= 0.3 is 0 Å². The lowest BCUT2D eigenvalue weighted by Crippen LogP contribution is -2.45. The summed E-state index contributed by atoms with van der Waals surface area (Å²) in [7, 11) is 0. The van der Waals surface area contributed by atoms with Crippen molar-refractivity contribution in [3.63, 3.8) is 0 Å². The third-order valence-corrected chi connectivity index (χ3v) is 7.51. The van der Waals surface area contributed by atoms with Gasteiger partial charge in [0, 0.05) is 26.2 Å². The second-order valence-electron chi connectivity index (χ2n) is 9.60. The molecule has 2 N–H and O–H groups in total. The molecule has 3 heterocycles. The molecule has 6 heteroatoms. The molecule has 32 heavy (non-hydrogen) atoms. The molecule has 0 aliphatic carbocycles. The summed E-state index contributed by atoms with van der Waals surface area (Å²) in [4.78, 5) is 21.9. The molecule has 0 atom stereocenters. The van der Waals surface area contributed by atoms with Crippen LogP contribution in [0.15, 0.2) is 12.1 Å². The first kappa shape index (κ1) is 21.2. The Morgan fingerprint density at radius 3 is 1.38 bits per heavy atom. The van der Waals surface area contributed by atoms with Crippen LogP contribution in [0.1, 0.15) is 45.0 Å². The van der Waals surface area contributed by atoms with Gasteiger partial charge in [-0.1, -0.05) is 0 Å². The van der Waals surface area contributed by atoms with Crippen molar-refractivity contribution in [2.75, 3.05) is 26.2 Å². The monoisotopic (exact) mass is 430 g/mol. The molecule has 0 spiro atoms. The van der Waals surface area contributed by atoms with Gasteiger partial charge in [0.05, 0.1) is 35.2 Å². The van der Waals surface area contributed by atoms with Gasteiger partial charge in [0.15, 0.2) is 0 Å². The van der Waals surface area contributed by atoms with Crippen LogP contribution >= 0.6 is 0 Å². The third-order valence-electron chi connectivity index (χ3n) is 7.51. The third kappa shape index (κ3) is 3.71. The van der Waals surface area contributed by atoms with Gasteiger partial charge in [-0.15, -0.1) is 0 Å². The summed E-state index contributed by atoms with van der Waals surface area (Å²) < 4.78 is 0.